The van der Waals surface area contributed by atoms with Crippen LogP contribution >= 0.6 is 0 Å². The largest absolute Gasteiger partial charge is 0.488 e. The summed E-state index contributed by atoms with van der Waals surface area (Å²) in [5.74, 6) is -0.531. The molecule has 1 aromatic heterocycles. The first-order valence-electron chi connectivity index (χ1n) is 8.32. The molecular formula is C17H19N5O7S. The number of esters is 1. The minimum absolute atomic E-state index is 0.0232. The van der Waals surface area contributed by atoms with Crippen molar-refractivity contribution in [1.82, 2.24) is 19.7 Å². The molecule has 2 N–H and O–H groups in total. The number of rotatable bonds is 8. The van der Waals surface area contributed by atoms with Crippen molar-refractivity contribution in [2.75, 3.05) is 26.1 Å². The van der Waals surface area contributed by atoms with Crippen LogP contribution in [0.4, 0.5) is 10.7 Å². The van der Waals surface area contributed by atoms with Gasteiger partial charge in [-0.15, -0.1) is 0 Å². The Morgan fingerprint density at radius 3 is 2.57 bits per heavy atom. The number of nitrogens with zero attached hydrogens (tertiary/aromatic N) is 3. The number of amides is 2. The molecule has 0 fully saturated rings. The minimum Gasteiger partial charge on any atom is -0.488 e. The summed E-state index contributed by atoms with van der Waals surface area (Å²) >= 11 is 0. The van der Waals surface area contributed by atoms with Crippen LogP contribution in [0.15, 0.2) is 41.3 Å². The van der Waals surface area contributed by atoms with E-state index in [1.807, 2.05) is 4.72 Å². The van der Waals surface area contributed by atoms with E-state index in [1.165, 1.54) is 38.5 Å². The van der Waals surface area contributed by atoms with Crippen LogP contribution in [0, 0.1) is 6.92 Å². The lowest BCUT2D eigenvalue weighted by Gasteiger charge is -2.12. The van der Waals surface area contributed by atoms with E-state index in [4.69, 9.17) is 9.47 Å². The second kappa shape index (κ2) is 10.2. The normalized spacial score (nSPS) is 11.0. The molecular weight excluding hydrogens is 418 g/mol. The molecule has 1 aromatic carbocycles. The highest BCUT2D eigenvalue weighted by Gasteiger charge is 2.22. The van der Waals surface area contributed by atoms with Gasteiger partial charge in [0.05, 0.1) is 14.2 Å². The molecule has 0 unspecified atom stereocenters. The maximum atomic E-state index is 12.6. The summed E-state index contributed by atoms with van der Waals surface area (Å²) in [6, 6.07) is 4.54. The van der Waals surface area contributed by atoms with Crippen molar-refractivity contribution in [3.63, 3.8) is 0 Å². The summed E-state index contributed by atoms with van der Waals surface area (Å²) in [7, 11) is -1.74. The van der Waals surface area contributed by atoms with Crippen molar-refractivity contribution in [1.29, 1.82) is 0 Å². The lowest BCUT2D eigenvalue weighted by atomic mass is 10.3. The highest BCUT2D eigenvalue weighted by Crippen LogP contribution is 2.23. The van der Waals surface area contributed by atoms with Gasteiger partial charge in [0.2, 0.25) is 5.95 Å². The summed E-state index contributed by atoms with van der Waals surface area (Å²) in [6.45, 7) is 1.45. The lowest BCUT2D eigenvalue weighted by Crippen LogP contribution is -2.35. The number of carbonyl (C=O) groups excluding carboxylic acids is 2. The third-order valence-corrected chi connectivity index (χ3v) is 4.66. The third-order valence-electron chi connectivity index (χ3n) is 3.29. The van der Waals surface area contributed by atoms with Gasteiger partial charge < -0.3 is 14.2 Å². The van der Waals surface area contributed by atoms with E-state index in [0.717, 1.165) is 6.08 Å². The Labute approximate surface area is 172 Å². The highest BCUT2D eigenvalue weighted by molar-refractivity contribution is 7.90. The molecule has 1 heterocycles. The van der Waals surface area contributed by atoms with Gasteiger partial charge in [-0.25, -0.2) is 22.7 Å². The number of methoxy groups -OCH3 is 2. The van der Waals surface area contributed by atoms with Crippen LogP contribution in [-0.2, 0) is 19.6 Å². The van der Waals surface area contributed by atoms with Crippen molar-refractivity contribution in [2.45, 2.75) is 11.8 Å². The number of hydrogen-bond donors (Lipinski definition) is 2. The number of nitrogens with one attached hydrogen (secondary N) is 2. The summed E-state index contributed by atoms with van der Waals surface area (Å²) in [5, 5.41) is 2.20. The van der Waals surface area contributed by atoms with Crippen molar-refractivity contribution < 1.29 is 32.2 Å². The SMILES string of the molecule is COC(=O)C=CCOc1ccccc1S(=O)(=O)NC(=O)Nc1nc(C)nc(OC)n1. The Balaban J connectivity index is 2.11. The average molecular weight is 437 g/mol. The van der Waals surface area contributed by atoms with Crippen molar-refractivity contribution in [3.05, 3.63) is 42.2 Å². The van der Waals surface area contributed by atoms with Gasteiger partial charge in [0.15, 0.2) is 0 Å². The van der Waals surface area contributed by atoms with E-state index in [2.05, 4.69) is 25.0 Å². The van der Waals surface area contributed by atoms with E-state index in [9.17, 15) is 18.0 Å². The fraction of sp³-hybridized carbons (Fsp3) is 0.235. The van der Waals surface area contributed by atoms with E-state index in [0.29, 0.717) is 0 Å². The predicted octanol–water partition coefficient (Wildman–Crippen LogP) is 0.807. The first-order valence-corrected chi connectivity index (χ1v) is 9.80. The van der Waals surface area contributed by atoms with Gasteiger partial charge in [-0.3, -0.25) is 5.32 Å². The molecule has 0 spiro atoms. The van der Waals surface area contributed by atoms with Gasteiger partial charge in [-0.1, -0.05) is 12.1 Å². The number of para-hydroxylation sites is 1. The smallest absolute Gasteiger partial charge is 0.335 e. The van der Waals surface area contributed by atoms with Crippen LogP contribution in [0.1, 0.15) is 5.82 Å². The van der Waals surface area contributed by atoms with E-state index in [-0.39, 0.29) is 35.0 Å². The van der Waals surface area contributed by atoms with E-state index >= 15 is 0 Å². The zero-order valence-corrected chi connectivity index (χ0v) is 17.1. The Bertz CT molecular complexity index is 1060. The Morgan fingerprint density at radius 2 is 1.87 bits per heavy atom. The fourth-order valence-corrected chi connectivity index (χ4v) is 3.10. The van der Waals surface area contributed by atoms with Crippen LogP contribution < -0.4 is 19.5 Å². The minimum atomic E-state index is -4.30. The average Bonchev–Trinajstić information content (AvgIpc) is 2.70. The molecule has 0 saturated heterocycles. The second-order valence-corrected chi connectivity index (χ2v) is 7.09. The number of ether oxygens (including phenoxy) is 3. The van der Waals surface area contributed by atoms with Crippen molar-refractivity contribution in [2.24, 2.45) is 0 Å². The lowest BCUT2D eigenvalue weighted by molar-refractivity contribution is -0.134. The van der Waals surface area contributed by atoms with E-state index < -0.39 is 22.0 Å². The molecule has 0 saturated carbocycles. The van der Waals surface area contributed by atoms with Gasteiger partial charge in [-0.2, -0.15) is 15.0 Å². The standard InChI is InChI=1S/C17H19N5O7S/c1-11-18-15(21-17(19-11)28-3)20-16(24)22-30(25,26)13-8-5-4-7-12(13)29-10-6-9-14(23)27-2/h4-9H,10H2,1-3H3,(H2,18,19,20,21,22,24). The Morgan fingerprint density at radius 1 is 1.13 bits per heavy atom. The number of aromatic nitrogens is 3. The molecule has 13 heteroatoms. The quantitative estimate of drug-likeness (QED) is 0.447. The molecule has 160 valence electrons. The molecule has 0 aliphatic rings. The number of benzene rings is 1. The molecule has 0 aliphatic carbocycles. The number of urea groups is 1. The highest BCUT2D eigenvalue weighted by atomic mass is 32.2. The predicted molar refractivity (Wildman–Crippen MR) is 104 cm³/mol. The summed E-state index contributed by atoms with van der Waals surface area (Å²) in [4.78, 5) is 34.4. The van der Waals surface area contributed by atoms with Crippen LogP contribution in [0.5, 0.6) is 11.8 Å². The van der Waals surface area contributed by atoms with Gasteiger partial charge in [-0.05, 0) is 25.1 Å². The van der Waals surface area contributed by atoms with Gasteiger partial charge in [0.1, 0.15) is 23.1 Å². The number of aryl methyl sites for hydroxylation is 1. The van der Waals surface area contributed by atoms with Crippen LogP contribution in [0.2, 0.25) is 0 Å². The summed E-state index contributed by atoms with van der Waals surface area (Å²) in [5.41, 5.74) is 0. The monoisotopic (exact) mass is 437 g/mol. The number of hydrogen-bond acceptors (Lipinski definition) is 10. The number of anilines is 1. The van der Waals surface area contributed by atoms with Crippen LogP contribution in [0.25, 0.3) is 0 Å². The molecule has 2 amide bonds. The molecule has 0 radical (unpaired) electrons. The molecule has 30 heavy (non-hydrogen) atoms. The topological polar surface area (TPSA) is 159 Å². The second-order valence-electron chi connectivity index (χ2n) is 5.44. The molecule has 0 atom stereocenters. The Kier molecular flexibility index (Phi) is 7.63. The zero-order valence-electron chi connectivity index (χ0n) is 16.3. The van der Waals surface area contributed by atoms with Gasteiger partial charge in [0.25, 0.3) is 10.0 Å². The summed E-state index contributed by atoms with van der Waals surface area (Å²) < 4.78 is 41.7. The fourth-order valence-electron chi connectivity index (χ4n) is 2.05. The van der Waals surface area contributed by atoms with Crippen LogP contribution in [-0.4, -0.2) is 56.2 Å². The first-order chi connectivity index (χ1) is 14.2. The first kappa shape index (κ1) is 22.5. The summed E-state index contributed by atoms with van der Waals surface area (Å²) in [6.07, 6.45) is 2.49. The molecule has 2 rings (SSSR count). The molecule has 0 bridgehead atoms. The maximum Gasteiger partial charge on any atom is 0.335 e. The van der Waals surface area contributed by atoms with Crippen LogP contribution in [0.3, 0.4) is 0 Å². The Hall–Kier alpha value is -3.74. The van der Waals surface area contributed by atoms with Gasteiger partial charge in [0, 0.05) is 6.08 Å². The number of carbonyl (C=O) groups is 2. The molecule has 0 aliphatic heterocycles. The maximum absolute atomic E-state index is 12.6. The zero-order chi connectivity index (χ0) is 22.1. The van der Waals surface area contributed by atoms with Gasteiger partial charge >= 0.3 is 18.0 Å². The number of sulfonamides is 1. The molecule has 12 nitrogen and oxygen atoms in total. The molecule has 2 aromatic rings. The van der Waals surface area contributed by atoms with Crippen molar-refractivity contribution >= 4 is 28.0 Å². The van der Waals surface area contributed by atoms with Crippen molar-refractivity contribution in [3.8, 4) is 11.8 Å². The third kappa shape index (κ3) is 6.41. The van der Waals surface area contributed by atoms with E-state index in [1.54, 1.807) is 13.0 Å².